The number of alkyl halides is 2. The van der Waals surface area contributed by atoms with Crippen molar-refractivity contribution in [3.63, 3.8) is 0 Å². The Morgan fingerprint density at radius 3 is 2.62 bits per heavy atom. The summed E-state index contributed by atoms with van der Waals surface area (Å²) >= 11 is 0. The molecule has 5 unspecified atom stereocenters. The molecule has 280 valence electrons. The molecule has 15 heteroatoms. The lowest BCUT2D eigenvalue weighted by Gasteiger charge is -2.29. The van der Waals surface area contributed by atoms with Crippen LogP contribution in [0.2, 0.25) is 0 Å². The molecule has 4 aliphatic rings. The van der Waals surface area contributed by atoms with Crippen molar-refractivity contribution in [3.8, 4) is 22.9 Å². The number of fused-ring (bicyclic) bond motifs is 8. The number of halogens is 2. The van der Waals surface area contributed by atoms with Crippen LogP contribution in [0.25, 0.3) is 22.3 Å². The molecule has 2 aromatic carbocycles. The van der Waals surface area contributed by atoms with Crippen molar-refractivity contribution in [2.75, 3.05) is 26.4 Å². The zero-order valence-electron chi connectivity index (χ0n) is 29.2. The minimum Gasteiger partial charge on any atom is -0.487 e. The molecule has 0 spiro atoms. The van der Waals surface area contributed by atoms with Gasteiger partial charge in [-0.05, 0) is 56.9 Å². The molecule has 2 fully saturated rings. The first kappa shape index (κ1) is 36.0. The van der Waals surface area contributed by atoms with Gasteiger partial charge in [0.25, 0.3) is 0 Å². The van der Waals surface area contributed by atoms with E-state index < -0.39 is 66.7 Å². The van der Waals surface area contributed by atoms with Gasteiger partial charge in [0, 0.05) is 17.9 Å². The molecule has 53 heavy (non-hydrogen) atoms. The van der Waals surface area contributed by atoms with E-state index in [-0.39, 0.29) is 43.5 Å². The summed E-state index contributed by atoms with van der Waals surface area (Å²) in [6.45, 7) is -0.667. The van der Waals surface area contributed by atoms with E-state index in [2.05, 4.69) is 10.6 Å². The highest BCUT2D eigenvalue weighted by molar-refractivity contribution is 5.96. The fourth-order valence-corrected chi connectivity index (χ4v) is 7.12. The molecule has 1 saturated heterocycles. The average Bonchev–Trinajstić information content (AvgIpc) is 3.68. The summed E-state index contributed by atoms with van der Waals surface area (Å²) in [6, 6.07) is 11.2. The largest absolute Gasteiger partial charge is 0.487 e. The fraction of sp³-hybridized carbons (Fsp3) is 0.474. The smallest absolute Gasteiger partial charge is 0.408 e. The summed E-state index contributed by atoms with van der Waals surface area (Å²) in [5, 5.41) is 5.39. The third kappa shape index (κ3) is 7.88. The van der Waals surface area contributed by atoms with Crippen molar-refractivity contribution in [1.29, 1.82) is 0 Å². The van der Waals surface area contributed by atoms with Gasteiger partial charge in [-0.3, -0.25) is 9.59 Å². The Kier molecular flexibility index (Phi) is 10.2. The third-order valence-electron chi connectivity index (χ3n) is 9.96. The Morgan fingerprint density at radius 2 is 1.81 bits per heavy atom. The quantitative estimate of drug-likeness (QED) is 0.279. The zero-order valence-corrected chi connectivity index (χ0v) is 29.2. The molecule has 5 bridgehead atoms. The maximum absolute atomic E-state index is 15.0. The van der Waals surface area contributed by atoms with Gasteiger partial charge < -0.3 is 34.5 Å². The maximum Gasteiger partial charge on any atom is 0.408 e. The number of benzene rings is 2. The molecule has 3 amide bonds. The van der Waals surface area contributed by atoms with Crippen LogP contribution in [0.5, 0.6) is 11.6 Å². The predicted octanol–water partition coefficient (Wildman–Crippen LogP) is 4.73. The van der Waals surface area contributed by atoms with Crippen LogP contribution in [-0.4, -0.2) is 94.8 Å². The monoisotopic (exact) mass is 733 g/mol. The number of ether oxygens (including phenoxy) is 4. The molecule has 0 radical (unpaired) electrons. The topological polar surface area (TPSA) is 158 Å². The summed E-state index contributed by atoms with van der Waals surface area (Å²) in [4.78, 5) is 65.7. The Labute approximate surface area is 304 Å². The number of allylic oxidation sites excluding steroid dienone is 1. The van der Waals surface area contributed by atoms with Gasteiger partial charge in [0.1, 0.15) is 35.2 Å². The SMILES string of the molecule is CCOC(=O)C12CC1C=CCCCCCC1NC(=O)OCC(F)(F)COc3cccc(c3)-c3nc4ccccc4nc3OC3CC(C(=O)N2)N(C3)C1=O. The van der Waals surface area contributed by atoms with Gasteiger partial charge >= 0.3 is 18.0 Å². The van der Waals surface area contributed by atoms with E-state index in [1.807, 2.05) is 12.2 Å². The number of nitrogens with zero attached hydrogens (tertiary/aromatic N) is 3. The minimum absolute atomic E-state index is 0.0114. The van der Waals surface area contributed by atoms with Gasteiger partial charge in [0.05, 0.1) is 24.2 Å². The van der Waals surface area contributed by atoms with Crippen molar-refractivity contribution in [3.05, 3.63) is 60.7 Å². The summed E-state index contributed by atoms with van der Waals surface area (Å²) < 4.78 is 52.2. The van der Waals surface area contributed by atoms with Crippen molar-refractivity contribution < 1.29 is 46.9 Å². The number of nitrogens with one attached hydrogen (secondary N) is 2. The van der Waals surface area contributed by atoms with Gasteiger partial charge in [-0.1, -0.05) is 49.3 Å². The lowest BCUT2D eigenvalue weighted by molar-refractivity contribution is -0.150. The predicted molar refractivity (Wildman–Crippen MR) is 186 cm³/mol. The van der Waals surface area contributed by atoms with Gasteiger partial charge in [0.2, 0.25) is 17.7 Å². The van der Waals surface area contributed by atoms with Gasteiger partial charge in [-0.15, -0.1) is 0 Å². The van der Waals surface area contributed by atoms with Crippen LogP contribution >= 0.6 is 0 Å². The number of carbonyl (C=O) groups excluding carboxylic acids is 4. The van der Waals surface area contributed by atoms with Gasteiger partial charge in [-0.2, -0.15) is 8.78 Å². The standard InChI is InChI=1S/C38H41F2N5O8/c1-2-50-35(48)38-19-24(38)12-6-4-3-5-7-16-29-34(47)45-20-26(18-30(45)32(46)44-38)53-33-31(41-27-14-8-9-15-28(27)42-33)23-11-10-13-25(17-23)51-21-37(39,40)22-52-36(49)43-29/h6,8-15,17,24,26,29-30H,2-5,7,16,18-22H2,1H3,(H,43,49)(H,44,46). The van der Waals surface area contributed by atoms with Crippen LogP contribution in [-0.2, 0) is 23.9 Å². The molecule has 7 rings (SSSR count). The highest BCUT2D eigenvalue weighted by atomic mass is 19.3. The molecule has 3 aliphatic heterocycles. The normalized spacial score (nSPS) is 27.5. The zero-order chi connectivity index (χ0) is 37.2. The van der Waals surface area contributed by atoms with E-state index >= 15 is 0 Å². The second-order valence-electron chi connectivity index (χ2n) is 13.9. The first-order valence-corrected chi connectivity index (χ1v) is 18.0. The average molecular weight is 734 g/mol. The van der Waals surface area contributed by atoms with E-state index in [0.717, 1.165) is 6.42 Å². The first-order valence-electron chi connectivity index (χ1n) is 18.0. The minimum atomic E-state index is -3.57. The van der Waals surface area contributed by atoms with Gasteiger partial charge in [-0.25, -0.2) is 19.6 Å². The van der Waals surface area contributed by atoms with E-state index in [1.54, 1.807) is 43.3 Å². The highest BCUT2D eigenvalue weighted by Crippen LogP contribution is 2.46. The van der Waals surface area contributed by atoms with Crippen LogP contribution < -0.4 is 20.1 Å². The van der Waals surface area contributed by atoms with Crippen LogP contribution in [0.4, 0.5) is 13.6 Å². The fourth-order valence-electron chi connectivity index (χ4n) is 7.12. The molecule has 5 atom stereocenters. The highest BCUT2D eigenvalue weighted by Gasteiger charge is 2.62. The second-order valence-corrected chi connectivity index (χ2v) is 13.9. The number of hydrogen-bond donors (Lipinski definition) is 2. The van der Waals surface area contributed by atoms with Crippen LogP contribution in [0, 0.1) is 5.92 Å². The molecule has 13 nitrogen and oxygen atoms in total. The number of carbonyl (C=O) groups is 4. The molecule has 2 N–H and O–H groups in total. The number of aromatic nitrogens is 2. The van der Waals surface area contributed by atoms with Crippen LogP contribution in [0.15, 0.2) is 60.7 Å². The summed E-state index contributed by atoms with van der Waals surface area (Å²) in [6.07, 6.45) is 5.10. The summed E-state index contributed by atoms with van der Waals surface area (Å²) in [5.74, 6) is -5.42. The van der Waals surface area contributed by atoms with E-state index in [0.29, 0.717) is 48.0 Å². The molecule has 4 heterocycles. The number of esters is 1. The molecule has 3 aromatic rings. The van der Waals surface area contributed by atoms with Gasteiger partial charge in [0.15, 0.2) is 13.2 Å². The second kappa shape index (κ2) is 15.0. The number of rotatable bonds is 2. The van der Waals surface area contributed by atoms with Crippen LogP contribution in [0.3, 0.4) is 0 Å². The molecule has 1 saturated carbocycles. The Morgan fingerprint density at radius 1 is 1.02 bits per heavy atom. The summed E-state index contributed by atoms with van der Waals surface area (Å²) in [5.41, 5.74) is 0.539. The number of hydrogen-bond acceptors (Lipinski definition) is 10. The molecular weight excluding hydrogens is 692 g/mol. The lowest BCUT2D eigenvalue weighted by Crippen LogP contribution is -2.56. The Balaban J connectivity index is 1.29. The van der Waals surface area contributed by atoms with Crippen molar-refractivity contribution in [2.45, 2.75) is 81.5 Å². The summed E-state index contributed by atoms with van der Waals surface area (Å²) in [7, 11) is 0. The number of amides is 3. The Hall–Kier alpha value is -5.34. The van der Waals surface area contributed by atoms with E-state index in [9.17, 15) is 28.0 Å². The number of para-hydroxylation sites is 2. The number of cyclic esters (lactones) is 1. The van der Waals surface area contributed by atoms with Crippen molar-refractivity contribution >= 4 is 34.9 Å². The third-order valence-corrected chi connectivity index (χ3v) is 9.96. The van der Waals surface area contributed by atoms with E-state index in [1.165, 1.54) is 17.0 Å². The first-order chi connectivity index (χ1) is 25.5. The van der Waals surface area contributed by atoms with Crippen molar-refractivity contribution in [2.24, 2.45) is 5.92 Å². The van der Waals surface area contributed by atoms with Crippen LogP contribution in [0.1, 0.15) is 51.9 Å². The van der Waals surface area contributed by atoms with Crippen molar-refractivity contribution in [1.82, 2.24) is 25.5 Å². The van der Waals surface area contributed by atoms with E-state index in [4.69, 9.17) is 28.9 Å². The Bertz CT molecular complexity index is 1930. The number of alkyl carbamates (subject to hydrolysis) is 1. The molecular formula is C38H41F2N5O8. The molecule has 1 aromatic heterocycles. The molecule has 1 aliphatic carbocycles. The maximum atomic E-state index is 15.0. The lowest BCUT2D eigenvalue weighted by atomic mass is 10.0.